The minimum Gasteiger partial charge on any atom is -0.444 e. The van der Waals surface area contributed by atoms with Gasteiger partial charge in [0.25, 0.3) is 0 Å². The summed E-state index contributed by atoms with van der Waals surface area (Å²) in [5, 5.41) is 1.46. The SMILES string of the molecule is CSc1nccc(C2CCN(C(=O)OC(C)(C)C)C(c3ccnc(SC)n3)C2)n1. The lowest BCUT2D eigenvalue weighted by Crippen LogP contribution is -2.43. The number of carbonyl (C=O) groups excluding carboxylic acids is 1. The van der Waals surface area contributed by atoms with Crippen LogP contribution < -0.4 is 0 Å². The van der Waals surface area contributed by atoms with Gasteiger partial charge in [0.1, 0.15) is 5.60 Å². The van der Waals surface area contributed by atoms with Gasteiger partial charge in [-0.15, -0.1) is 0 Å². The Hall–Kier alpha value is -1.87. The Morgan fingerprint density at radius 1 is 1.07 bits per heavy atom. The summed E-state index contributed by atoms with van der Waals surface area (Å²) < 4.78 is 5.67. The highest BCUT2D eigenvalue weighted by Gasteiger charge is 2.37. The summed E-state index contributed by atoms with van der Waals surface area (Å²) in [5.41, 5.74) is 1.30. The molecule has 0 saturated carbocycles. The Kier molecular flexibility index (Phi) is 7.00. The lowest BCUT2D eigenvalue weighted by molar-refractivity contribution is 0.00684. The van der Waals surface area contributed by atoms with Gasteiger partial charge in [-0.1, -0.05) is 23.5 Å². The summed E-state index contributed by atoms with van der Waals surface area (Å²) in [6.07, 6.45) is 8.71. The second-order valence-corrected chi connectivity index (χ2v) is 9.39. The van der Waals surface area contributed by atoms with Crippen molar-refractivity contribution in [3.05, 3.63) is 35.9 Å². The van der Waals surface area contributed by atoms with Gasteiger partial charge in [-0.05, 0) is 58.3 Å². The van der Waals surface area contributed by atoms with Gasteiger partial charge >= 0.3 is 6.09 Å². The largest absolute Gasteiger partial charge is 0.444 e. The van der Waals surface area contributed by atoms with Gasteiger partial charge < -0.3 is 4.74 Å². The monoisotopic (exact) mass is 433 g/mol. The molecule has 0 aliphatic carbocycles. The van der Waals surface area contributed by atoms with Crippen LogP contribution in [0, 0.1) is 0 Å². The van der Waals surface area contributed by atoms with Crippen molar-refractivity contribution in [1.82, 2.24) is 24.8 Å². The maximum absolute atomic E-state index is 12.9. The standard InChI is InChI=1S/C20H27N5O2S2/c1-20(2,3)27-19(26)25-11-8-13(14-6-9-21-17(23-14)28-4)12-16(25)15-7-10-22-18(24-15)29-5/h6-7,9-10,13,16H,8,11-12H2,1-5H3. The Morgan fingerprint density at radius 3 is 2.24 bits per heavy atom. The third-order valence-corrected chi connectivity index (χ3v) is 5.79. The van der Waals surface area contributed by atoms with Gasteiger partial charge in [0.15, 0.2) is 10.3 Å². The Bertz CT molecular complexity index is 859. The van der Waals surface area contributed by atoms with E-state index in [1.54, 1.807) is 17.3 Å². The van der Waals surface area contributed by atoms with E-state index in [0.29, 0.717) is 11.7 Å². The minimum absolute atomic E-state index is 0.190. The van der Waals surface area contributed by atoms with E-state index < -0.39 is 5.60 Å². The molecule has 0 spiro atoms. The molecule has 0 aromatic carbocycles. The Labute approximate surface area is 180 Å². The summed E-state index contributed by atoms with van der Waals surface area (Å²) in [5.74, 6) is 0.222. The quantitative estimate of drug-likeness (QED) is 0.512. The predicted octanol–water partition coefficient (Wildman–Crippen LogP) is 4.57. The Morgan fingerprint density at radius 2 is 1.66 bits per heavy atom. The maximum atomic E-state index is 12.9. The minimum atomic E-state index is -0.547. The highest BCUT2D eigenvalue weighted by molar-refractivity contribution is 7.98. The van der Waals surface area contributed by atoms with E-state index in [1.807, 2.05) is 45.4 Å². The number of rotatable bonds is 4. The van der Waals surface area contributed by atoms with Crippen LogP contribution in [0.15, 0.2) is 34.8 Å². The number of carbonyl (C=O) groups is 1. The van der Waals surface area contributed by atoms with Crippen molar-refractivity contribution in [2.75, 3.05) is 19.1 Å². The van der Waals surface area contributed by atoms with Crippen LogP contribution in [-0.2, 0) is 4.74 Å². The summed E-state index contributed by atoms with van der Waals surface area (Å²) in [6.45, 7) is 6.23. The molecular weight excluding hydrogens is 406 g/mol. The molecule has 1 amide bonds. The van der Waals surface area contributed by atoms with Gasteiger partial charge in [0.2, 0.25) is 0 Å². The summed E-state index contributed by atoms with van der Waals surface area (Å²) >= 11 is 3.02. The van der Waals surface area contributed by atoms with Gasteiger partial charge in [-0.2, -0.15) is 0 Å². The number of hydrogen-bond donors (Lipinski definition) is 0. The van der Waals surface area contributed by atoms with E-state index in [9.17, 15) is 4.79 Å². The van der Waals surface area contributed by atoms with Crippen LogP contribution in [0.4, 0.5) is 4.79 Å². The molecule has 9 heteroatoms. The van der Waals surface area contributed by atoms with Crippen molar-refractivity contribution < 1.29 is 9.53 Å². The molecule has 1 saturated heterocycles. The van der Waals surface area contributed by atoms with Gasteiger partial charge in [-0.3, -0.25) is 4.90 Å². The van der Waals surface area contributed by atoms with Crippen LogP contribution in [0.2, 0.25) is 0 Å². The second kappa shape index (κ2) is 9.30. The van der Waals surface area contributed by atoms with Crippen molar-refractivity contribution in [2.24, 2.45) is 0 Å². The van der Waals surface area contributed by atoms with E-state index in [1.165, 1.54) is 23.5 Å². The zero-order valence-corrected chi connectivity index (χ0v) is 19.1. The molecule has 3 heterocycles. The van der Waals surface area contributed by atoms with Gasteiger partial charge in [0, 0.05) is 30.6 Å². The first kappa shape index (κ1) is 21.8. The second-order valence-electron chi connectivity index (χ2n) is 7.85. The molecule has 7 nitrogen and oxygen atoms in total. The molecule has 0 N–H and O–H groups in total. The van der Waals surface area contributed by atoms with Crippen LogP contribution >= 0.6 is 23.5 Å². The van der Waals surface area contributed by atoms with Gasteiger partial charge in [0.05, 0.1) is 11.7 Å². The molecule has 3 rings (SSSR count). The Balaban J connectivity index is 1.91. The van der Waals surface area contributed by atoms with Crippen molar-refractivity contribution >= 4 is 29.6 Å². The van der Waals surface area contributed by atoms with Crippen molar-refractivity contribution in [2.45, 2.75) is 61.5 Å². The summed E-state index contributed by atoms with van der Waals surface area (Å²) in [6, 6.07) is 3.67. The number of nitrogens with zero attached hydrogens (tertiary/aromatic N) is 5. The molecule has 1 aliphatic heterocycles. The fourth-order valence-electron chi connectivity index (χ4n) is 3.37. The molecule has 29 heavy (non-hydrogen) atoms. The third kappa shape index (κ3) is 5.60. The number of thioether (sulfide) groups is 2. The summed E-state index contributed by atoms with van der Waals surface area (Å²) in [4.78, 5) is 32.6. The van der Waals surface area contributed by atoms with E-state index in [-0.39, 0.29) is 18.1 Å². The van der Waals surface area contributed by atoms with E-state index in [2.05, 4.69) is 19.9 Å². The van der Waals surface area contributed by atoms with Crippen LogP contribution in [0.3, 0.4) is 0 Å². The first-order valence-electron chi connectivity index (χ1n) is 9.54. The highest BCUT2D eigenvalue weighted by Crippen LogP contribution is 2.39. The molecule has 2 atom stereocenters. The van der Waals surface area contributed by atoms with Crippen LogP contribution in [0.1, 0.15) is 57.0 Å². The first-order valence-corrected chi connectivity index (χ1v) is 12.0. The third-order valence-electron chi connectivity index (χ3n) is 4.67. The molecule has 2 unspecified atom stereocenters. The highest BCUT2D eigenvalue weighted by atomic mass is 32.2. The van der Waals surface area contributed by atoms with Crippen LogP contribution in [-0.4, -0.2) is 55.6 Å². The molecular formula is C20H27N5O2S2. The normalized spacial score (nSPS) is 19.8. The lowest BCUT2D eigenvalue weighted by Gasteiger charge is -2.39. The van der Waals surface area contributed by atoms with E-state index >= 15 is 0 Å². The van der Waals surface area contributed by atoms with E-state index in [4.69, 9.17) is 4.74 Å². The smallest absolute Gasteiger partial charge is 0.410 e. The van der Waals surface area contributed by atoms with Gasteiger partial charge in [-0.25, -0.2) is 24.7 Å². The fraction of sp³-hybridized carbons (Fsp3) is 0.550. The van der Waals surface area contributed by atoms with Crippen molar-refractivity contribution in [3.8, 4) is 0 Å². The number of amides is 1. The van der Waals surface area contributed by atoms with Crippen molar-refractivity contribution in [1.29, 1.82) is 0 Å². The molecule has 1 fully saturated rings. The molecule has 0 radical (unpaired) electrons. The van der Waals surface area contributed by atoms with Crippen molar-refractivity contribution in [3.63, 3.8) is 0 Å². The molecule has 1 aliphatic rings. The molecule has 0 bridgehead atoms. The topological polar surface area (TPSA) is 81.1 Å². The van der Waals surface area contributed by atoms with Crippen LogP contribution in [0.25, 0.3) is 0 Å². The fourth-order valence-corrected chi connectivity index (χ4v) is 4.10. The average molecular weight is 434 g/mol. The average Bonchev–Trinajstić information content (AvgIpc) is 2.72. The molecule has 156 valence electrons. The van der Waals surface area contributed by atoms with Crippen LogP contribution in [0.5, 0.6) is 0 Å². The zero-order valence-electron chi connectivity index (χ0n) is 17.5. The first-order chi connectivity index (χ1) is 13.8. The number of likely N-dealkylation sites (tertiary alicyclic amines) is 1. The lowest BCUT2D eigenvalue weighted by atomic mass is 9.87. The molecule has 2 aromatic rings. The summed E-state index contributed by atoms with van der Waals surface area (Å²) in [7, 11) is 0. The predicted molar refractivity (Wildman–Crippen MR) is 115 cm³/mol. The number of piperidine rings is 1. The zero-order chi connectivity index (χ0) is 21.0. The number of aromatic nitrogens is 4. The molecule has 2 aromatic heterocycles. The van der Waals surface area contributed by atoms with E-state index in [0.717, 1.165) is 29.4 Å². The number of hydrogen-bond acceptors (Lipinski definition) is 8. The number of ether oxygens (including phenoxy) is 1. The maximum Gasteiger partial charge on any atom is 0.410 e.